The maximum Gasteiger partial charge on any atom is 0.408 e. The number of pyridine rings is 1. The van der Waals surface area contributed by atoms with Gasteiger partial charge < -0.3 is 15.4 Å². The molecule has 3 atom stereocenters. The van der Waals surface area contributed by atoms with Crippen LogP contribution in [0.4, 0.5) is 33.6 Å². The Bertz CT molecular complexity index is 2270. The van der Waals surface area contributed by atoms with Crippen molar-refractivity contribution in [1.29, 1.82) is 0 Å². The van der Waals surface area contributed by atoms with E-state index in [0.29, 0.717) is 29.7 Å². The number of hydrogen-bond acceptors (Lipinski definition) is 9. The Kier molecular flexibility index (Phi) is 9.25. The predicted octanol–water partition coefficient (Wildman–Crippen LogP) is 4.85. The Morgan fingerprint density at radius 2 is 1.72 bits per heavy atom. The van der Waals surface area contributed by atoms with Gasteiger partial charge in [-0.3, -0.25) is 18.8 Å². The zero-order valence-electron chi connectivity index (χ0n) is 26.7. The zero-order valence-corrected chi connectivity index (χ0v) is 28.2. The van der Waals surface area contributed by atoms with Gasteiger partial charge >= 0.3 is 6.18 Å². The fourth-order valence-electron chi connectivity index (χ4n) is 6.14. The van der Waals surface area contributed by atoms with E-state index in [1.807, 2.05) is 18.7 Å². The molecule has 3 aromatic heterocycles. The van der Waals surface area contributed by atoms with Gasteiger partial charge in [-0.25, -0.2) is 27.2 Å². The van der Waals surface area contributed by atoms with Crippen LogP contribution in [0.15, 0.2) is 47.3 Å². The van der Waals surface area contributed by atoms with Crippen LogP contribution in [0.1, 0.15) is 31.3 Å². The standard InChI is InChI=1S/C31H30ClF5N8O4S/c1-15-12-43(13-16(2)49-15)24-7-4-20-27(39-24)40-29(22(38)10-17-8-18(33)11-19(34)9-17)45(30(20)46)23-6-5-21(32)25-26(23)44(14-31(35,36)37)41-28(25)42-50(3,47)48/h4-9,11,15-16,22H,10,12-14,38H2,1-3H3,(H,41,42)/t15-,16+,22-/m0/s1. The fourth-order valence-corrected chi connectivity index (χ4v) is 6.88. The molecular weight excluding hydrogens is 711 g/mol. The van der Waals surface area contributed by atoms with Crippen LogP contribution in [-0.4, -0.2) is 70.5 Å². The van der Waals surface area contributed by atoms with E-state index in [2.05, 4.69) is 19.8 Å². The van der Waals surface area contributed by atoms with E-state index in [1.165, 1.54) is 18.2 Å². The van der Waals surface area contributed by atoms with E-state index in [4.69, 9.17) is 22.1 Å². The average Bonchev–Trinajstić information content (AvgIpc) is 3.31. The number of nitrogens with one attached hydrogen (secondary N) is 1. The zero-order chi connectivity index (χ0) is 36.3. The van der Waals surface area contributed by atoms with Gasteiger partial charge in [-0.1, -0.05) is 11.6 Å². The molecule has 2 aromatic carbocycles. The molecule has 0 bridgehead atoms. The van der Waals surface area contributed by atoms with E-state index >= 15 is 0 Å². The molecule has 1 fully saturated rings. The van der Waals surface area contributed by atoms with Gasteiger partial charge in [-0.05, 0) is 62.2 Å². The van der Waals surface area contributed by atoms with Gasteiger partial charge in [0, 0.05) is 19.2 Å². The normalized spacial score (nSPS) is 17.8. The second-order valence-corrected chi connectivity index (χ2v) is 14.3. The third-order valence-electron chi connectivity index (χ3n) is 7.87. The van der Waals surface area contributed by atoms with Crippen LogP contribution in [-0.2, 0) is 27.7 Å². The first-order valence-corrected chi connectivity index (χ1v) is 17.4. The molecule has 0 unspecified atom stereocenters. The lowest BCUT2D eigenvalue weighted by atomic mass is 10.0. The van der Waals surface area contributed by atoms with Gasteiger partial charge in [0.15, 0.2) is 11.5 Å². The maximum atomic E-state index is 14.4. The van der Waals surface area contributed by atoms with Gasteiger partial charge in [0.05, 0.1) is 51.5 Å². The summed E-state index contributed by atoms with van der Waals surface area (Å²) in [6.45, 7) is 3.10. The van der Waals surface area contributed by atoms with E-state index in [9.17, 15) is 35.2 Å². The van der Waals surface area contributed by atoms with Crippen LogP contribution in [0.5, 0.6) is 0 Å². The SMILES string of the molecule is C[C@@H]1CN(c2ccc3c(=O)n(-c4ccc(Cl)c5c(NS(C)(=O)=O)nn(CC(F)(F)F)c45)c([C@@H](N)Cc4cc(F)cc(F)c4)nc3n2)C[C@H](C)O1. The molecule has 0 radical (unpaired) electrons. The first-order valence-electron chi connectivity index (χ1n) is 15.2. The molecule has 1 aliphatic heterocycles. The summed E-state index contributed by atoms with van der Waals surface area (Å²) in [6, 6.07) is 7.07. The van der Waals surface area contributed by atoms with Crippen molar-refractivity contribution in [3.63, 3.8) is 0 Å². The number of nitrogens with zero attached hydrogens (tertiary/aromatic N) is 6. The number of halogens is 6. The predicted molar refractivity (Wildman–Crippen MR) is 177 cm³/mol. The maximum absolute atomic E-state index is 14.4. The number of hydrogen-bond donors (Lipinski definition) is 2. The molecule has 0 amide bonds. The van der Waals surface area contributed by atoms with Crippen molar-refractivity contribution < 1.29 is 35.1 Å². The lowest BCUT2D eigenvalue weighted by molar-refractivity contribution is -0.141. The number of sulfonamides is 1. The second-order valence-electron chi connectivity index (χ2n) is 12.2. The summed E-state index contributed by atoms with van der Waals surface area (Å²) in [5.74, 6) is -2.01. The highest BCUT2D eigenvalue weighted by Gasteiger charge is 2.33. The average molecular weight is 741 g/mol. The number of alkyl halides is 3. The Hall–Kier alpha value is -4.39. The number of rotatable bonds is 8. The summed E-state index contributed by atoms with van der Waals surface area (Å²) < 4.78 is 104. The summed E-state index contributed by atoms with van der Waals surface area (Å²) in [5, 5.41) is 3.44. The van der Waals surface area contributed by atoms with Crippen molar-refractivity contribution in [2.45, 2.75) is 51.2 Å². The molecule has 5 aromatic rings. The summed E-state index contributed by atoms with van der Waals surface area (Å²) >= 11 is 6.43. The molecular formula is C31H30ClF5N8O4S. The highest BCUT2D eigenvalue weighted by Crippen LogP contribution is 2.37. The molecule has 6 rings (SSSR count). The molecule has 1 saturated heterocycles. The largest absolute Gasteiger partial charge is 0.408 e. The summed E-state index contributed by atoms with van der Waals surface area (Å²) in [5.41, 5.74) is 5.28. The number of morpholine rings is 1. The minimum absolute atomic E-state index is 0.0321. The Morgan fingerprint density at radius 1 is 1.06 bits per heavy atom. The summed E-state index contributed by atoms with van der Waals surface area (Å²) in [4.78, 5) is 25.7. The number of fused-ring (bicyclic) bond motifs is 2. The molecule has 4 heterocycles. The molecule has 50 heavy (non-hydrogen) atoms. The molecule has 3 N–H and O–H groups in total. The summed E-state index contributed by atoms with van der Waals surface area (Å²) in [6.07, 6.45) is -4.57. The minimum Gasteiger partial charge on any atom is -0.372 e. The molecule has 12 nitrogen and oxygen atoms in total. The van der Waals surface area contributed by atoms with Crippen molar-refractivity contribution in [3.05, 3.63) is 80.9 Å². The van der Waals surface area contributed by atoms with Crippen molar-refractivity contribution >= 4 is 55.2 Å². The van der Waals surface area contributed by atoms with Gasteiger partial charge in [0.2, 0.25) is 10.0 Å². The van der Waals surface area contributed by atoms with Crippen molar-refractivity contribution in [1.82, 2.24) is 24.3 Å². The van der Waals surface area contributed by atoms with Gasteiger partial charge in [0.25, 0.3) is 5.56 Å². The highest BCUT2D eigenvalue weighted by molar-refractivity contribution is 7.92. The van der Waals surface area contributed by atoms with Crippen LogP contribution >= 0.6 is 11.6 Å². The molecule has 0 aliphatic carbocycles. The first-order chi connectivity index (χ1) is 23.4. The quantitative estimate of drug-likeness (QED) is 0.213. The number of nitrogens with two attached hydrogens (primary N) is 1. The number of anilines is 2. The van der Waals surface area contributed by atoms with E-state index < -0.39 is 51.8 Å². The number of benzene rings is 2. The van der Waals surface area contributed by atoms with Crippen molar-refractivity contribution in [3.8, 4) is 5.69 Å². The van der Waals surface area contributed by atoms with Gasteiger partial charge in [-0.15, -0.1) is 0 Å². The highest BCUT2D eigenvalue weighted by atomic mass is 35.5. The Morgan fingerprint density at radius 3 is 2.34 bits per heavy atom. The first kappa shape index (κ1) is 35.4. The van der Waals surface area contributed by atoms with Crippen LogP contribution in [0, 0.1) is 11.6 Å². The topological polar surface area (TPSA) is 150 Å². The van der Waals surface area contributed by atoms with Gasteiger partial charge in [0.1, 0.15) is 29.8 Å². The van der Waals surface area contributed by atoms with Crippen molar-refractivity contribution in [2.75, 3.05) is 29.0 Å². The molecule has 1 aliphatic rings. The second kappa shape index (κ2) is 13.1. The monoisotopic (exact) mass is 740 g/mol. The van der Waals surface area contributed by atoms with E-state index in [0.717, 1.165) is 23.0 Å². The van der Waals surface area contributed by atoms with Crippen LogP contribution in [0.3, 0.4) is 0 Å². The minimum atomic E-state index is -4.84. The lowest BCUT2D eigenvalue weighted by Crippen LogP contribution is -2.45. The smallest absolute Gasteiger partial charge is 0.372 e. The van der Waals surface area contributed by atoms with Crippen LogP contribution < -0.4 is 20.9 Å². The number of aromatic nitrogens is 5. The molecule has 0 saturated carbocycles. The summed E-state index contributed by atoms with van der Waals surface area (Å²) in [7, 11) is -4.06. The van der Waals surface area contributed by atoms with E-state index in [-0.39, 0.29) is 62.7 Å². The van der Waals surface area contributed by atoms with Gasteiger partial charge in [-0.2, -0.15) is 18.3 Å². The Labute approximate surface area is 286 Å². The Balaban J connectivity index is 1.63. The third kappa shape index (κ3) is 7.38. The van der Waals surface area contributed by atoms with Crippen LogP contribution in [0.25, 0.3) is 27.6 Å². The van der Waals surface area contributed by atoms with Crippen LogP contribution in [0.2, 0.25) is 5.02 Å². The molecule has 0 spiro atoms. The third-order valence-corrected chi connectivity index (χ3v) is 8.75. The molecule has 266 valence electrons. The van der Waals surface area contributed by atoms with Crippen molar-refractivity contribution in [2.24, 2.45) is 5.73 Å². The molecule has 19 heteroatoms. The fraction of sp³-hybridized carbons (Fsp3) is 0.355. The van der Waals surface area contributed by atoms with E-state index in [1.54, 1.807) is 6.07 Å². The number of ether oxygens (including phenoxy) is 1. The lowest BCUT2D eigenvalue weighted by Gasteiger charge is -2.36.